The van der Waals surface area contributed by atoms with Crippen LogP contribution in [0.1, 0.15) is 6.42 Å². The summed E-state index contributed by atoms with van der Waals surface area (Å²) in [4.78, 5) is 38.7. The minimum absolute atomic E-state index is 0.122. The van der Waals surface area contributed by atoms with Crippen molar-refractivity contribution in [2.75, 3.05) is 6.54 Å². The molecule has 1 amide bonds. The van der Waals surface area contributed by atoms with E-state index in [1.165, 1.54) is 29.2 Å². The minimum Gasteiger partial charge on any atom is -0.550 e. The zero-order valence-corrected chi connectivity index (χ0v) is 12.7. The number of nitro groups is 1. The molecule has 2 rings (SSSR count). The van der Waals surface area contributed by atoms with Gasteiger partial charge in [-0.15, -0.1) is 6.58 Å². The minimum atomic E-state index is -1.33. The van der Waals surface area contributed by atoms with Crippen molar-refractivity contribution in [2.24, 2.45) is 4.99 Å². The lowest BCUT2D eigenvalue weighted by Crippen LogP contribution is -2.35. The van der Waals surface area contributed by atoms with Crippen LogP contribution in [0.25, 0.3) is 0 Å². The molecule has 23 heavy (non-hydrogen) atoms. The van der Waals surface area contributed by atoms with Crippen LogP contribution in [0.4, 0.5) is 11.4 Å². The Morgan fingerprint density at radius 3 is 2.87 bits per heavy atom. The molecule has 1 aromatic carbocycles. The standard InChI is InChI=1S/C14H13N3O5S/c1-2-6-16-13(20)11(8-12(18)19)23-14(16)15-9-4-3-5-10(7-9)17(21)22/h2-5,7,11H,1,6,8H2,(H,18,19)/p-1. The third kappa shape index (κ3) is 3.95. The van der Waals surface area contributed by atoms with E-state index in [1.807, 2.05) is 0 Å². The van der Waals surface area contributed by atoms with E-state index in [4.69, 9.17) is 0 Å². The Kier molecular flexibility index (Phi) is 5.12. The van der Waals surface area contributed by atoms with Crippen molar-refractivity contribution in [3.05, 3.63) is 47.0 Å². The molecule has 0 N–H and O–H groups in total. The maximum absolute atomic E-state index is 12.2. The van der Waals surface area contributed by atoms with E-state index >= 15 is 0 Å². The number of nitrogens with zero attached hydrogens (tertiary/aromatic N) is 3. The number of rotatable bonds is 6. The Bertz CT molecular complexity index is 703. The van der Waals surface area contributed by atoms with Gasteiger partial charge in [-0.05, 0) is 6.07 Å². The number of aliphatic imine (C=N–C) groups is 1. The zero-order chi connectivity index (χ0) is 17.0. The molecule has 1 saturated heterocycles. The SMILES string of the molecule is C=CCN1C(=O)C(CC(=O)[O-])SC1=Nc1cccc([N+](=O)[O-])c1. The van der Waals surface area contributed by atoms with Gasteiger partial charge in [0, 0.05) is 31.1 Å². The number of carboxylic acid groups (broad SMARTS) is 1. The number of amidine groups is 1. The summed E-state index contributed by atoms with van der Waals surface area (Å²) >= 11 is 0.992. The van der Waals surface area contributed by atoms with Crippen LogP contribution in [0.5, 0.6) is 0 Å². The molecule has 0 spiro atoms. The topological polar surface area (TPSA) is 116 Å². The summed E-state index contributed by atoms with van der Waals surface area (Å²) < 4.78 is 0. The number of benzene rings is 1. The molecule has 9 heteroatoms. The second-order valence-corrected chi connectivity index (χ2v) is 5.76. The second kappa shape index (κ2) is 7.05. The maximum atomic E-state index is 12.2. The molecular formula is C14H12N3O5S-. The molecule has 0 bridgehead atoms. The summed E-state index contributed by atoms with van der Waals surface area (Å²) in [5, 5.41) is 21.0. The number of carbonyl (C=O) groups is 2. The molecule has 1 heterocycles. The number of non-ortho nitro benzene ring substituents is 1. The predicted molar refractivity (Wildman–Crippen MR) is 83.1 cm³/mol. The van der Waals surface area contributed by atoms with Gasteiger partial charge in [0.05, 0.1) is 15.9 Å². The summed E-state index contributed by atoms with van der Waals surface area (Å²) in [5.41, 5.74) is 0.181. The monoisotopic (exact) mass is 334 g/mol. The fourth-order valence-corrected chi connectivity index (χ4v) is 3.11. The Balaban J connectivity index is 2.33. The van der Waals surface area contributed by atoms with Gasteiger partial charge in [-0.2, -0.15) is 0 Å². The number of carbonyl (C=O) groups excluding carboxylic acids is 2. The van der Waals surface area contributed by atoms with E-state index in [2.05, 4.69) is 11.6 Å². The lowest BCUT2D eigenvalue weighted by molar-refractivity contribution is -0.384. The summed E-state index contributed by atoms with van der Waals surface area (Å²) in [6.45, 7) is 3.72. The van der Waals surface area contributed by atoms with Crippen molar-refractivity contribution < 1.29 is 19.6 Å². The highest BCUT2D eigenvalue weighted by Crippen LogP contribution is 2.32. The fraction of sp³-hybridized carbons (Fsp3) is 0.214. The van der Waals surface area contributed by atoms with E-state index in [0.29, 0.717) is 5.69 Å². The Morgan fingerprint density at radius 2 is 2.26 bits per heavy atom. The normalized spacial score (nSPS) is 19.1. The molecule has 1 fully saturated rings. The van der Waals surface area contributed by atoms with Crippen molar-refractivity contribution in [1.29, 1.82) is 0 Å². The van der Waals surface area contributed by atoms with Crippen molar-refractivity contribution in [3.8, 4) is 0 Å². The van der Waals surface area contributed by atoms with Crippen molar-refractivity contribution in [2.45, 2.75) is 11.7 Å². The van der Waals surface area contributed by atoms with Crippen LogP contribution >= 0.6 is 11.8 Å². The lowest BCUT2D eigenvalue weighted by Gasteiger charge is -2.13. The van der Waals surface area contributed by atoms with Crippen LogP contribution in [0.2, 0.25) is 0 Å². The quantitative estimate of drug-likeness (QED) is 0.432. The Morgan fingerprint density at radius 1 is 1.52 bits per heavy atom. The van der Waals surface area contributed by atoms with Gasteiger partial charge < -0.3 is 9.90 Å². The number of amides is 1. The average molecular weight is 334 g/mol. The second-order valence-electron chi connectivity index (χ2n) is 4.59. The smallest absolute Gasteiger partial charge is 0.271 e. The van der Waals surface area contributed by atoms with E-state index < -0.39 is 28.5 Å². The maximum Gasteiger partial charge on any atom is 0.271 e. The Hall–Kier alpha value is -2.68. The van der Waals surface area contributed by atoms with Gasteiger partial charge >= 0.3 is 0 Å². The van der Waals surface area contributed by atoms with Gasteiger partial charge in [0.25, 0.3) is 5.69 Å². The summed E-state index contributed by atoms with van der Waals surface area (Å²) in [6, 6.07) is 5.64. The average Bonchev–Trinajstić information content (AvgIpc) is 2.76. The summed E-state index contributed by atoms with van der Waals surface area (Å²) in [7, 11) is 0. The number of hydrogen-bond donors (Lipinski definition) is 0. The lowest BCUT2D eigenvalue weighted by atomic mass is 10.2. The Labute approximate surface area is 135 Å². The predicted octanol–water partition coefficient (Wildman–Crippen LogP) is 0.852. The summed E-state index contributed by atoms with van der Waals surface area (Å²) in [5.74, 6) is -1.73. The van der Waals surface area contributed by atoms with E-state index in [1.54, 1.807) is 6.07 Å². The van der Waals surface area contributed by atoms with Crippen LogP contribution < -0.4 is 5.11 Å². The molecule has 1 aromatic rings. The first kappa shape index (κ1) is 16.7. The molecule has 0 aliphatic carbocycles. The first-order chi connectivity index (χ1) is 10.9. The van der Waals surface area contributed by atoms with Crippen molar-refractivity contribution in [1.82, 2.24) is 4.90 Å². The highest BCUT2D eigenvalue weighted by Gasteiger charge is 2.37. The van der Waals surface area contributed by atoms with Crippen molar-refractivity contribution >= 4 is 40.2 Å². The van der Waals surface area contributed by atoms with Crippen LogP contribution in [-0.2, 0) is 9.59 Å². The highest BCUT2D eigenvalue weighted by molar-refractivity contribution is 8.15. The zero-order valence-electron chi connectivity index (χ0n) is 11.9. The van der Waals surface area contributed by atoms with Gasteiger partial charge in [0.2, 0.25) is 5.91 Å². The van der Waals surface area contributed by atoms with Crippen molar-refractivity contribution in [3.63, 3.8) is 0 Å². The third-order valence-electron chi connectivity index (χ3n) is 2.95. The van der Waals surface area contributed by atoms with Gasteiger partial charge in [0.1, 0.15) is 0 Å². The van der Waals surface area contributed by atoms with Gasteiger partial charge in [-0.25, -0.2) is 4.99 Å². The molecule has 0 saturated carbocycles. The number of nitro benzene ring substituents is 1. The molecule has 0 aromatic heterocycles. The van der Waals surface area contributed by atoms with Crippen LogP contribution in [0.3, 0.4) is 0 Å². The van der Waals surface area contributed by atoms with Gasteiger partial charge in [0.15, 0.2) is 5.17 Å². The van der Waals surface area contributed by atoms with Gasteiger partial charge in [-0.3, -0.25) is 19.8 Å². The molecule has 8 nitrogen and oxygen atoms in total. The van der Waals surface area contributed by atoms with Gasteiger partial charge in [-0.1, -0.05) is 23.9 Å². The first-order valence-corrected chi connectivity index (χ1v) is 7.42. The molecule has 0 radical (unpaired) electrons. The molecule has 120 valence electrons. The van der Waals surface area contributed by atoms with E-state index in [0.717, 1.165) is 11.8 Å². The molecule has 1 unspecified atom stereocenters. The first-order valence-electron chi connectivity index (χ1n) is 6.54. The summed E-state index contributed by atoms with van der Waals surface area (Å²) in [6.07, 6.45) is 1.06. The number of carboxylic acids is 1. The number of hydrogen-bond acceptors (Lipinski definition) is 7. The van der Waals surface area contributed by atoms with Crippen LogP contribution in [0.15, 0.2) is 41.9 Å². The van der Waals surface area contributed by atoms with E-state index in [-0.39, 0.29) is 17.4 Å². The molecule has 1 aliphatic rings. The largest absolute Gasteiger partial charge is 0.550 e. The third-order valence-corrected chi connectivity index (χ3v) is 4.12. The molecule has 1 aliphatic heterocycles. The van der Waals surface area contributed by atoms with Crippen LogP contribution in [-0.4, -0.2) is 38.7 Å². The number of thioether (sulfide) groups is 1. The molecular weight excluding hydrogens is 322 g/mol. The highest BCUT2D eigenvalue weighted by atomic mass is 32.2. The fourth-order valence-electron chi connectivity index (χ4n) is 1.96. The molecule has 1 atom stereocenters. The number of aliphatic carboxylic acids is 1. The van der Waals surface area contributed by atoms with E-state index in [9.17, 15) is 24.8 Å². The van der Waals surface area contributed by atoms with Crippen LogP contribution in [0, 0.1) is 10.1 Å².